The highest BCUT2D eigenvalue weighted by molar-refractivity contribution is 7.89. The highest BCUT2D eigenvalue weighted by Crippen LogP contribution is 2.29. The third kappa shape index (κ3) is 3.26. The molecule has 7 heteroatoms. The van der Waals surface area contributed by atoms with Crippen LogP contribution in [0.4, 0.5) is 0 Å². The van der Waals surface area contributed by atoms with Gasteiger partial charge in [-0.15, -0.1) is 0 Å². The third-order valence-electron chi connectivity index (χ3n) is 3.71. The normalized spacial score (nSPS) is 17.4. The fourth-order valence-corrected chi connectivity index (χ4v) is 4.38. The summed E-state index contributed by atoms with van der Waals surface area (Å²) in [5.74, 6) is 0.0222. The van der Waals surface area contributed by atoms with Crippen LogP contribution >= 0.6 is 11.6 Å². The van der Waals surface area contributed by atoms with Crippen molar-refractivity contribution in [1.29, 1.82) is 5.26 Å². The second kappa shape index (κ2) is 6.14. The molecular weight excluding hydrogens is 312 g/mol. The van der Waals surface area contributed by atoms with Gasteiger partial charge in [-0.05, 0) is 38.0 Å². The molecule has 1 aromatic carbocycles. The lowest BCUT2D eigenvalue weighted by Crippen LogP contribution is -2.40. The van der Waals surface area contributed by atoms with E-state index in [2.05, 4.69) is 0 Å². The van der Waals surface area contributed by atoms with Crippen LogP contribution in [0.5, 0.6) is 0 Å². The summed E-state index contributed by atoms with van der Waals surface area (Å²) in [4.78, 5) is 11.3. The molecule has 0 radical (unpaired) electrons. The molecule has 0 bridgehead atoms. The van der Waals surface area contributed by atoms with Gasteiger partial charge in [0.1, 0.15) is 10.7 Å². The van der Waals surface area contributed by atoms with Crippen LogP contribution in [-0.2, 0) is 14.8 Å². The van der Waals surface area contributed by atoms with Crippen molar-refractivity contribution in [3.05, 3.63) is 28.8 Å². The average molecular weight is 327 g/mol. The van der Waals surface area contributed by atoms with Gasteiger partial charge in [-0.1, -0.05) is 11.6 Å². The lowest BCUT2D eigenvalue weighted by molar-refractivity contribution is -0.121. The fourth-order valence-electron chi connectivity index (χ4n) is 2.41. The Balaban J connectivity index is 2.28. The molecule has 0 aromatic heterocycles. The largest absolute Gasteiger partial charge is 0.300 e. The number of piperidine rings is 1. The molecule has 112 valence electrons. The number of ketones is 1. The Morgan fingerprint density at radius 1 is 1.38 bits per heavy atom. The van der Waals surface area contributed by atoms with E-state index in [1.54, 1.807) is 0 Å². The second-order valence-electron chi connectivity index (χ2n) is 5.05. The number of hydrogen-bond acceptors (Lipinski definition) is 4. The van der Waals surface area contributed by atoms with Crippen LogP contribution in [0, 0.1) is 17.2 Å². The molecule has 0 amide bonds. The number of nitriles is 1. The molecule has 1 aliphatic rings. The zero-order chi connectivity index (χ0) is 15.6. The number of halogens is 1. The number of carbonyl (C=O) groups excluding carboxylic acids is 1. The first-order valence-corrected chi connectivity index (χ1v) is 8.38. The standard InChI is InChI=1S/C14H15ClN2O3S/c1-10(18)12-4-6-17(7-5-12)21(19,20)14-8-11(9-16)2-3-13(14)15/h2-3,8,12H,4-7H2,1H3. The SMILES string of the molecule is CC(=O)C1CCN(S(=O)(=O)c2cc(C#N)ccc2Cl)CC1. The molecule has 0 spiro atoms. The topological polar surface area (TPSA) is 78.2 Å². The minimum Gasteiger partial charge on any atom is -0.300 e. The van der Waals surface area contributed by atoms with Crippen LogP contribution in [0.1, 0.15) is 25.3 Å². The summed E-state index contributed by atoms with van der Waals surface area (Å²) < 4.78 is 26.5. The zero-order valence-corrected chi connectivity index (χ0v) is 13.1. The molecule has 1 heterocycles. The molecule has 0 saturated carbocycles. The Hall–Kier alpha value is -1.42. The molecule has 1 aliphatic heterocycles. The van der Waals surface area contributed by atoms with E-state index < -0.39 is 10.0 Å². The molecular formula is C14H15ClN2O3S. The van der Waals surface area contributed by atoms with E-state index in [0.29, 0.717) is 25.9 Å². The molecule has 5 nitrogen and oxygen atoms in total. The van der Waals surface area contributed by atoms with Crippen molar-refractivity contribution in [1.82, 2.24) is 4.31 Å². The summed E-state index contributed by atoms with van der Waals surface area (Å²) in [5.41, 5.74) is 0.247. The lowest BCUT2D eigenvalue weighted by atomic mass is 9.95. The van der Waals surface area contributed by atoms with E-state index >= 15 is 0 Å². The Bertz CT molecular complexity index is 701. The van der Waals surface area contributed by atoms with Crippen LogP contribution in [0.2, 0.25) is 5.02 Å². The number of Topliss-reactive ketones (excluding diaryl/α,β-unsaturated/α-hetero) is 1. The van der Waals surface area contributed by atoms with Crippen molar-refractivity contribution in [2.75, 3.05) is 13.1 Å². The van der Waals surface area contributed by atoms with Gasteiger partial charge in [0.2, 0.25) is 10.0 Å². The van der Waals surface area contributed by atoms with Gasteiger partial charge in [-0.3, -0.25) is 4.79 Å². The van der Waals surface area contributed by atoms with Crippen molar-refractivity contribution in [3.63, 3.8) is 0 Å². The summed E-state index contributed by atoms with van der Waals surface area (Å²) in [7, 11) is -3.74. The maximum atomic E-state index is 12.6. The highest BCUT2D eigenvalue weighted by atomic mass is 35.5. The van der Waals surface area contributed by atoms with Crippen molar-refractivity contribution in [3.8, 4) is 6.07 Å². The first kappa shape index (κ1) is 16.0. The molecule has 1 fully saturated rings. The average Bonchev–Trinajstić information content (AvgIpc) is 2.47. The second-order valence-corrected chi connectivity index (χ2v) is 7.36. The van der Waals surface area contributed by atoms with E-state index in [1.165, 1.54) is 29.4 Å². The number of benzene rings is 1. The van der Waals surface area contributed by atoms with Gasteiger partial charge in [-0.2, -0.15) is 9.57 Å². The molecule has 0 unspecified atom stereocenters. The van der Waals surface area contributed by atoms with E-state index in [-0.39, 0.29) is 27.2 Å². The minimum absolute atomic E-state index is 0.0514. The summed E-state index contributed by atoms with van der Waals surface area (Å²) in [5, 5.41) is 8.99. The lowest BCUT2D eigenvalue weighted by Gasteiger charge is -2.30. The predicted molar refractivity (Wildman–Crippen MR) is 78.3 cm³/mol. The first-order chi connectivity index (χ1) is 9.86. The molecule has 21 heavy (non-hydrogen) atoms. The zero-order valence-electron chi connectivity index (χ0n) is 11.5. The van der Waals surface area contributed by atoms with Gasteiger partial charge in [0.15, 0.2) is 0 Å². The first-order valence-electron chi connectivity index (χ1n) is 6.56. The Morgan fingerprint density at radius 2 is 2.00 bits per heavy atom. The van der Waals surface area contributed by atoms with Crippen LogP contribution in [0.3, 0.4) is 0 Å². The maximum absolute atomic E-state index is 12.6. The molecule has 1 aromatic rings. The van der Waals surface area contributed by atoms with Crippen molar-refractivity contribution < 1.29 is 13.2 Å². The van der Waals surface area contributed by atoms with Gasteiger partial charge in [0.05, 0.1) is 16.7 Å². The third-order valence-corrected chi connectivity index (χ3v) is 6.09. The van der Waals surface area contributed by atoms with Crippen LogP contribution in [0.25, 0.3) is 0 Å². The minimum atomic E-state index is -3.74. The van der Waals surface area contributed by atoms with E-state index in [0.717, 1.165) is 0 Å². The van der Waals surface area contributed by atoms with E-state index in [4.69, 9.17) is 16.9 Å². The number of carbonyl (C=O) groups is 1. The number of nitrogens with zero attached hydrogens (tertiary/aromatic N) is 2. The summed E-state index contributed by atoms with van der Waals surface area (Å²) >= 11 is 5.97. The van der Waals surface area contributed by atoms with Crippen LogP contribution < -0.4 is 0 Å². The number of hydrogen-bond donors (Lipinski definition) is 0. The maximum Gasteiger partial charge on any atom is 0.244 e. The van der Waals surface area contributed by atoms with Gasteiger partial charge >= 0.3 is 0 Å². The number of sulfonamides is 1. The molecule has 0 atom stereocenters. The molecule has 2 rings (SSSR count). The summed E-state index contributed by atoms with van der Waals surface area (Å²) in [6.07, 6.45) is 1.04. The predicted octanol–water partition coefficient (Wildman–Crippen LogP) is 2.20. The summed E-state index contributed by atoms with van der Waals surface area (Å²) in [6.45, 7) is 2.11. The summed E-state index contributed by atoms with van der Waals surface area (Å²) in [6, 6.07) is 6.08. The highest BCUT2D eigenvalue weighted by Gasteiger charge is 2.32. The molecule has 1 saturated heterocycles. The Kier molecular flexibility index (Phi) is 4.67. The van der Waals surface area contributed by atoms with Crippen molar-refractivity contribution >= 4 is 27.4 Å². The molecule has 0 aliphatic carbocycles. The van der Waals surface area contributed by atoms with Crippen LogP contribution in [0.15, 0.2) is 23.1 Å². The van der Waals surface area contributed by atoms with E-state index in [1.807, 2.05) is 6.07 Å². The Labute approximate surface area is 129 Å². The van der Waals surface area contributed by atoms with Crippen LogP contribution in [-0.4, -0.2) is 31.6 Å². The monoisotopic (exact) mass is 326 g/mol. The van der Waals surface area contributed by atoms with Gasteiger partial charge < -0.3 is 0 Å². The van der Waals surface area contributed by atoms with E-state index in [9.17, 15) is 13.2 Å². The smallest absolute Gasteiger partial charge is 0.244 e. The molecule has 0 N–H and O–H groups in total. The fraction of sp³-hybridized carbons (Fsp3) is 0.429. The van der Waals surface area contributed by atoms with Gasteiger partial charge in [0.25, 0.3) is 0 Å². The Morgan fingerprint density at radius 3 is 2.52 bits per heavy atom. The van der Waals surface area contributed by atoms with Gasteiger partial charge in [-0.25, -0.2) is 8.42 Å². The quantitative estimate of drug-likeness (QED) is 0.853. The number of rotatable bonds is 3. The van der Waals surface area contributed by atoms with Gasteiger partial charge in [0, 0.05) is 19.0 Å². The van der Waals surface area contributed by atoms with Crippen molar-refractivity contribution in [2.45, 2.75) is 24.7 Å². The van der Waals surface area contributed by atoms with Crippen molar-refractivity contribution in [2.24, 2.45) is 5.92 Å².